The maximum Gasteiger partial charge on any atom is 0.338 e. The van der Waals surface area contributed by atoms with E-state index in [1.165, 1.54) is 16.2 Å². The molecule has 7 nitrogen and oxygen atoms in total. The molecule has 1 aromatic carbocycles. The number of amides is 3. The van der Waals surface area contributed by atoms with Gasteiger partial charge in [-0.1, -0.05) is 18.2 Å². The molecule has 152 valence electrons. The van der Waals surface area contributed by atoms with Crippen molar-refractivity contribution in [2.45, 2.75) is 32.9 Å². The molecule has 1 aromatic heterocycles. The number of carbonyl (C=O) groups excluding carboxylic acids is 3. The van der Waals surface area contributed by atoms with E-state index in [0.717, 1.165) is 0 Å². The maximum atomic E-state index is 12.7. The minimum atomic E-state index is -0.677. The molecule has 1 aliphatic rings. The maximum absolute atomic E-state index is 12.7. The van der Waals surface area contributed by atoms with Crippen LogP contribution in [-0.2, 0) is 9.53 Å². The zero-order valence-corrected chi connectivity index (χ0v) is 17.5. The highest BCUT2D eigenvalue weighted by molar-refractivity contribution is 7.12. The molecule has 0 radical (unpaired) electrons. The van der Waals surface area contributed by atoms with Crippen molar-refractivity contribution in [2.75, 3.05) is 12.4 Å². The molecule has 3 amide bonds. The molecule has 29 heavy (non-hydrogen) atoms. The van der Waals surface area contributed by atoms with E-state index < -0.39 is 12.0 Å². The zero-order chi connectivity index (χ0) is 21.1. The highest BCUT2D eigenvalue weighted by Crippen LogP contribution is 2.32. The second-order valence-corrected chi connectivity index (χ2v) is 7.90. The summed E-state index contributed by atoms with van der Waals surface area (Å²) in [4.78, 5) is 39.4. The Bertz CT molecular complexity index is 966. The smallest absolute Gasteiger partial charge is 0.338 e. The number of urea groups is 1. The highest BCUT2D eigenvalue weighted by Gasteiger charge is 2.35. The van der Waals surface area contributed by atoms with Gasteiger partial charge in [-0.15, -0.1) is 11.3 Å². The Labute approximate surface area is 173 Å². The number of ether oxygens (including phenoxy) is 1. The van der Waals surface area contributed by atoms with Crippen LogP contribution in [0.15, 0.2) is 53.0 Å². The molecule has 2 N–H and O–H groups in total. The van der Waals surface area contributed by atoms with Crippen LogP contribution >= 0.6 is 11.3 Å². The molecule has 8 heteroatoms. The summed E-state index contributed by atoms with van der Waals surface area (Å²) in [5.41, 5.74) is 2.13. The Kier molecular flexibility index (Phi) is 6.03. The molecule has 1 aliphatic heterocycles. The van der Waals surface area contributed by atoms with Crippen LogP contribution in [0.3, 0.4) is 0 Å². The van der Waals surface area contributed by atoms with Gasteiger partial charge in [0.15, 0.2) is 0 Å². The molecule has 3 rings (SSSR count). The lowest BCUT2D eigenvalue weighted by atomic mass is 9.94. The van der Waals surface area contributed by atoms with E-state index in [0.29, 0.717) is 27.4 Å². The molecule has 0 saturated heterocycles. The molecule has 0 fully saturated rings. The number of benzene rings is 1. The van der Waals surface area contributed by atoms with E-state index in [4.69, 9.17) is 4.74 Å². The van der Waals surface area contributed by atoms with Crippen molar-refractivity contribution in [3.8, 4) is 0 Å². The predicted molar refractivity (Wildman–Crippen MR) is 112 cm³/mol. The number of nitrogens with one attached hydrogen (secondary N) is 2. The van der Waals surface area contributed by atoms with Gasteiger partial charge >= 0.3 is 12.0 Å². The van der Waals surface area contributed by atoms with Crippen molar-refractivity contribution >= 4 is 34.9 Å². The summed E-state index contributed by atoms with van der Waals surface area (Å²) >= 11 is 1.35. The number of hydrogen-bond acceptors (Lipinski definition) is 5. The van der Waals surface area contributed by atoms with Crippen LogP contribution in [-0.4, -0.2) is 36.0 Å². The zero-order valence-electron chi connectivity index (χ0n) is 16.7. The van der Waals surface area contributed by atoms with Crippen molar-refractivity contribution in [2.24, 2.45) is 0 Å². The van der Waals surface area contributed by atoms with E-state index in [2.05, 4.69) is 10.6 Å². The van der Waals surface area contributed by atoms with Crippen LogP contribution in [0.4, 0.5) is 10.5 Å². The quantitative estimate of drug-likeness (QED) is 0.727. The molecule has 1 atom stereocenters. The van der Waals surface area contributed by atoms with E-state index in [9.17, 15) is 14.4 Å². The largest absolute Gasteiger partial charge is 0.459 e. The van der Waals surface area contributed by atoms with Gasteiger partial charge in [0.2, 0.25) is 0 Å². The van der Waals surface area contributed by atoms with Crippen LogP contribution in [0.1, 0.15) is 42.0 Å². The number of esters is 1. The van der Waals surface area contributed by atoms with Crippen molar-refractivity contribution in [1.82, 2.24) is 10.2 Å². The Morgan fingerprint density at radius 1 is 1.24 bits per heavy atom. The topological polar surface area (TPSA) is 87.7 Å². The Hall–Kier alpha value is -3.13. The Morgan fingerprint density at radius 2 is 2.00 bits per heavy atom. The molecule has 0 spiro atoms. The fourth-order valence-corrected chi connectivity index (χ4v) is 3.64. The molecule has 1 unspecified atom stereocenters. The van der Waals surface area contributed by atoms with Crippen molar-refractivity contribution < 1.29 is 19.1 Å². The molecular formula is C21H23N3O4S. The van der Waals surface area contributed by atoms with Crippen molar-refractivity contribution in [3.05, 3.63) is 63.5 Å². The van der Waals surface area contributed by atoms with Gasteiger partial charge in [-0.25, -0.2) is 9.59 Å². The number of rotatable bonds is 5. The number of anilines is 1. The Balaban J connectivity index is 1.93. The van der Waals surface area contributed by atoms with Crippen LogP contribution in [0, 0.1) is 0 Å². The third kappa shape index (κ3) is 4.48. The van der Waals surface area contributed by atoms with E-state index in [-0.39, 0.29) is 18.0 Å². The number of allylic oxidation sites excluding steroid dienone is 1. The minimum Gasteiger partial charge on any atom is -0.459 e. The lowest BCUT2D eigenvalue weighted by Crippen LogP contribution is -2.46. The average Bonchev–Trinajstić information content (AvgIpc) is 3.20. The van der Waals surface area contributed by atoms with E-state index in [1.807, 2.05) is 11.4 Å². The number of nitrogens with zero attached hydrogens (tertiary/aromatic N) is 1. The van der Waals surface area contributed by atoms with Gasteiger partial charge in [-0.05, 0) is 49.9 Å². The third-order valence-corrected chi connectivity index (χ3v) is 5.41. The van der Waals surface area contributed by atoms with Gasteiger partial charge in [-0.3, -0.25) is 4.79 Å². The van der Waals surface area contributed by atoms with Gasteiger partial charge in [-0.2, -0.15) is 0 Å². The number of carbonyl (C=O) groups is 3. The first-order valence-electron chi connectivity index (χ1n) is 9.18. The summed E-state index contributed by atoms with van der Waals surface area (Å²) in [6.45, 7) is 5.26. The van der Waals surface area contributed by atoms with Gasteiger partial charge in [0.1, 0.15) is 0 Å². The van der Waals surface area contributed by atoms with Crippen LogP contribution < -0.4 is 10.6 Å². The van der Waals surface area contributed by atoms with E-state index >= 15 is 0 Å². The molecule has 2 heterocycles. The summed E-state index contributed by atoms with van der Waals surface area (Å²) in [7, 11) is 1.60. The number of thiophene rings is 1. The molecule has 2 aromatic rings. The van der Waals surface area contributed by atoms with Crippen LogP contribution in [0.5, 0.6) is 0 Å². The second kappa shape index (κ2) is 8.48. The fourth-order valence-electron chi connectivity index (χ4n) is 3.02. The SMILES string of the molecule is CC1=C(C(=O)OC(C)C)C(c2cccc(NC(=O)c3cccs3)c2)NC(=O)N1C. The first kappa shape index (κ1) is 20.6. The summed E-state index contributed by atoms with van der Waals surface area (Å²) in [5, 5.41) is 7.52. The fraction of sp³-hybridized carbons (Fsp3) is 0.286. The normalized spacial score (nSPS) is 16.7. The second-order valence-electron chi connectivity index (χ2n) is 6.95. The number of hydrogen-bond donors (Lipinski definition) is 2. The molecule has 0 aliphatic carbocycles. The third-order valence-electron chi connectivity index (χ3n) is 4.54. The first-order chi connectivity index (χ1) is 13.8. The van der Waals surface area contributed by atoms with Crippen LogP contribution in [0.2, 0.25) is 0 Å². The summed E-state index contributed by atoms with van der Waals surface area (Å²) in [6, 6.07) is 9.63. The molecule has 0 saturated carbocycles. The predicted octanol–water partition coefficient (Wildman–Crippen LogP) is 3.92. The summed E-state index contributed by atoms with van der Waals surface area (Å²) in [5.74, 6) is -0.696. The molecule has 0 bridgehead atoms. The van der Waals surface area contributed by atoms with Gasteiger partial charge in [0.05, 0.1) is 22.6 Å². The van der Waals surface area contributed by atoms with Gasteiger partial charge in [0.25, 0.3) is 5.91 Å². The van der Waals surface area contributed by atoms with E-state index in [1.54, 1.807) is 58.2 Å². The van der Waals surface area contributed by atoms with Crippen molar-refractivity contribution in [1.29, 1.82) is 0 Å². The monoisotopic (exact) mass is 413 g/mol. The summed E-state index contributed by atoms with van der Waals surface area (Å²) < 4.78 is 5.40. The first-order valence-corrected chi connectivity index (χ1v) is 10.1. The minimum absolute atomic E-state index is 0.212. The lowest BCUT2D eigenvalue weighted by Gasteiger charge is -2.33. The Morgan fingerprint density at radius 3 is 2.66 bits per heavy atom. The van der Waals surface area contributed by atoms with Gasteiger partial charge < -0.3 is 20.3 Å². The standard InChI is InChI=1S/C21H23N3O4S/c1-12(2)28-20(26)17-13(3)24(4)21(27)23-18(17)14-7-5-8-15(11-14)22-19(25)16-9-6-10-29-16/h5-12,18H,1-4H3,(H,22,25)(H,23,27). The lowest BCUT2D eigenvalue weighted by molar-refractivity contribution is -0.143. The van der Waals surface area contributed by atoms with Gasteiger partial charge in [0, 0.05) is 18.4 Å². The average molecular weight is 413 g/mol. The van der Waals surface area contributed by atoms with Crippen molar-refractivity contribution in [3.63, 3.8) is 0 Å². The highest BCUT2D eigenvalue weighted by atomic mass is 32.1. The van der Waals surface area contributed by atoms with Crippen LogP contribution in [0.25, 0.3) is 0 Å². The summed E-state index contributed by atoms with van der Waals surface area (Å²) in [6.07, 6.45) is -0.289. The molecular weight excluding hydrogens is 390 g/mol.